The predicted molar refractivity (Wildman–Crippen MR) is 161 cm³/mol. The Kier molecular flexibility index (Phi) is 11.2. The maximum absolute atomic E-state index is 14.2. The fraction of sp³-hybridized carbons (Fsp3) is 0.355. The van der Waals surface area contributed by atoms with Gasteiger partial charge in [-0.3, -0.25) is 13.9 Å². The molecule has 3 aromatic carbocycles. The summed E-state index contributed by atoms with van der Waals surface area (Å²) in [5.41, 5.74) is 1.84. The standard InChI is InChI=1S/C31H39N3O6S/c1-23(2)20-32-31(36)28(18-24-12-8-6-9-13-24)33(21-25-14-10-7-11-15-25)30(35)22-34(41(5,37)38)27-19-26(39-3)16-17-29(27)40-4/h6-17,19,23,28H,18,20-22H2,1-5H3,(H,32,36)/t28-/m0/s1. The van der Waals surface area contributed by atoms with Gasteiger partial charge in [-0.25, -0.2) is 8.42 Å². The number of benzene rings is 3. The van der Waals surface area contributed by atoms with Crippen molar-refractivity contribution in [1.82, 2.24) is 10.2 Å². The van der Waals surface area contributed by atoms with Crippen LogP contribution in [-0.2, 0) is 32.6 Å². The van der Waals surface area contributed by atoms with E-state index in [4.69, 9.17) is 9.47 Å². The van der Waals surface area contributed by atoms with Crippen molar-refractivity contribution in [1.29, 1.82) is 0 Å². The molecule has 41 heavy (non-hydrogen) atoms. The molecule has 0 spiro atoms. The highest BCUT2D eigenvalue weighted by molar-refractivity contribution is 7.92. The zero-order chi connectivity index (χ0) is 30.0. The van der Waals surface area contributed by atoms with Gasteiger partial charge in [-0.1, -0.05) is 74.5 Å². The summed E-state index contributed by atoms with van der Waals surface area (Å²) in [5, 5.41) is 2.97. The third-order valence-electron chi connectivity index (χ3n) is 6.49. The topological polar surface area (TPSA) is 105 Å². The molecule has 1 atom stereocenters. The molecule has 220 valence electrons. The van der Waals surface area contributed by atoms with Gasteiger partial charge in [0.15, 0.2) is 0 Å². The molecule has 0 bridgehead atoms. The average molecular weight is 582 g/mol. The fourth-order valence-electron chi connectivity index (χ4n) is 4.34. The average Bonchev–Trinajstić information content (AvgIpc) is 2.96. The third-order valence-corrected chi connectivity index (χ3v) is 7.61. The smallest absolute Gasteiger partial charge is 0.244 e. The van der Waals surface area contributed by atoms with Gasteiger partial charge < -0.3 is 19.7 Å². The van der Waals surface area contributed by atoms with E-state index in [0.717, 1.165) is 21.7 Å². The van der Waals surface area contributed by atoms with Crippen molar-refractivity contribution in [2.75, 3.05) is 37.9 Å². The Morgan fingerprint density at radius 3 is 2.02 bits per heavy atom. The predicted octanol–water partition coefficient (Wildman–Crippen LogP) is 3.88. The van der Waals surface area contributed by atoms with E-state index in [2.05, 4.69) is 5.32 Å². The van der Waals surface area contributed by atoms with E-state index in [0.29, 0.717) is 12.3 Å². The van der Waals surface area contributed by atoms with Gasteiger partial charge in [0, 0.05) is 25.6 Å². The molecule has 10 heteroatoms. The molecule has 0 saturated carbocycles. The summed E-state index contributed by atoms with van der Waals surface area (Å²) in [6.45, 7) is 3.99. The van der Waals surface area contributed by atoms with Crippen LogP contribution in [-0.4, -0.2) is 64.7 Å². The van der Waals surface area contributed by atoms with Gasteiger partial charge in [0.2, 0.25) is 21.8 Å². The second-order valence-electron chi connectivity index (χ2n) is 10.2. The zero-order valence-corrected chi connectivity index (χ0v) is 25.1. The maximum Gasteiger partial charge on any atom is 0.244 e. The van der Waals surface area contributed by atoms with Gasteiger partial charge in [-0.15, -0.1) is 0 Å². The Hall–Kier alpha value is -4.05. The quantitative estimate of drug-likeness (QED) is 0.310. The lowest BCUT2D eigenvalue weighted by molar-refractivity contribution is -0.140. The molecule has 0 aromatic heterocycles. The largest absolute Gasteiger partial charge is 0.497 e. The summed E-state index contributed by atoms with van der Waals surface area (Å²) in [6.07, 6.45) is 1.28. The molecule has 9 nitrogen and oxygen atoms in total. The summed E-state index contributed by atoms with van der Waals surface area (Å²) in [7, 11) is -1.07. The zero-order valence-electron chi connectivity index (χ0n) is 24.2. The van der Waals surface area contributed by atoms with Crippen molar-refractivity contribution in [3.63, 3.8) is 0 Å². The van der Waals surface area contributed by atoms with Crippen LogP contribution in [0.5, 0.6) is 11.5 Å². The fourth-order valence-corrected chi connectivity index (χ4v) is 5.19. The van der Waals surface area contributed by atoms with E-state index in [1.54, 1.807) is 12.1 Å². The first-order chi connectivity index (χ1) is 19.5. The number of hydrogen-bond acceptors (Lipinski definition) is 6. The number of nitrogens with one attached hydrogen (secondary N) is 1. The summed E-state index contributed by atoms with van der Waals surface area (Å²) < 4.78 is 37.9. The lowest BCUT2D eigenvalue weighted by Gasteiger charge is -2.34. The molecule has 0 unspecified atom stereocenters. The van der Waals surface area contributed by atoms with E-state index in [-0.39, 0.29) is 36.2 Å². The van der Waals surface area contributed by atoms with Gasteiger partial charge in [0.25, 0.3) is 0 Å². The first-order valence-corrected chi connectivity index (χ1v) is 15.2. The number of amides is 2. The van der Waals surface area contributed by atoms with Gasteiger partial charge in [0.05, 0.1) is 26.2 Å². The van der Waals surface area contributed by atoms with Crippen molar-refractivity contribution >= 4 is 27.5 Å². The lowest BCUT2D eigenvalue weighted by Crippen LogP contribution is -2.53. The molecule has 0 radical (unpaired) electrons. The highest BCUT2D eigenvalue weighted by Gasteiger charge is 2.34. The molecule has 0 saturated heterocycles. The molecule has 3 aromatic rings. The van der Waals surface area contributed by atoms with E-state index in [9.17, 15) is 18.0 Å². The van der Waals surface area contributed by atoms with Crippen LogP contribution in [0.25, 0.3) is 0 Å². The summed E-state index contributed by atoms with van der Waals surface area (Å²) in [6, 6.07) is 22.6. The monoisotopic (exact) mass is 581 g/mol. The number of sulfonamides is 1. The maximum atomic E-state index is 14.2. The minimum absolute atomic E-state index is 0.110. The van der Waals surface area contributed by atoms with Crippen LogP contribution < -0.4 is 19.1 Å². The van der Waals surface area contributed by atoms with Crippen LogP contribution in [0.2, 0.25) is 0 Å². The first-order valence-electron chi connectivity index (χ1n) is 13.4. The third kappa shape index (κ3) is 8.97. The summed E-state index contributed by atoms with van der Waals surface area (Å²) in [4.78, 5) is 29.3. The van der Waals surface area contributed by atoms with E-state index in [1.165, 1.54) is 25.2 Å². The second kappa shape index (κ2) is 14.5. The normalized spacial score (nSPS) is 12.0. The van der Waals surface area contributed by atoms with Crippen molar-refractivity contribution in [3.8, 4) is 11.5 Å². The number of nitrogens with zero attached hydrogens (tertiary/aromatic N) is 2. The number of methoxy groups -OCH3 is 2. The Labute approximate surface area is 243 Å². The van der Waals surface area contributed by atoms with Gasteiger partial charge in [0.1, 0.15) is 24.1 Å². The lowest BCUT2D eigenvalue weighted by atomic mass is 10.0. The molecule has 0 aliphatic heterocycles. The van der Waals surface area contributed by atoms with Crippen LogP contribution in [0.1, 0.15) is 25.0 Å². The number of ether oxygens (including phenoxy) is 2. The highest BCUT2D eigenvalue weighted by Crippen LogP contribution is 2.34. The van der Waals surface area contributed by atoms with Crippen LogP contribution in [0.4, 0.5) is 5.69 Å². The van der Waals surface area contributed by atoms with Gasteiger partial charge in [-0.05, 0) is 29.2 Å². The van der Waals surface area contributed by atoms with Crippen LogP contribution in [0.3, 0.4) is 0 Å². The molecular formula is C31H39N3O6S. The number of anilines is 1. The van der Waals surface area contributed by atoms with Crippen molar-refractivity contribution in [2.45, 2.75) is 32.9 Å². The second-order valence-corrected chi connectivity index (χ2v) is 12.1. The Morgan fingerprint density at radius 1 is 0.878 bits per heavy atom. The van der Waals surface area contributed by atoms with Crippen LogP contribution >= 0.6 is 0 Å². The molecule has 3 rings (SSSR count). The van der Waals surface area contributed by atoms with Crippen LogP contribution in [0, 0.1) is 5.92 Å². The Bertz CT molecular complexity index is 1400. The summed E-state index contributed by atoms with van der Waals surface area (Å²) >= 11 is 0. The molecule has 0 aliphatic rings. The Morgan fingerprint density at radius 2 is 1.49 bits per heavy atom. The van der Waals surface area contributed by atoms with E-state index >= 15 is 0 Å². The molecule has 2 amide bonds. The van der Waals surface area contributed by atoms with E-state index in [1.807, 2.05) is 74.5 Å². The van der Waals surface area contributed by atoms with Crippen molar-refractivity contribution in [2.24, 2.45) is 5.92 Å². The van der Waals surface area contributed by atoms with Crippen molar-refractivity contribution in [3.05, 3.63) is 90.0 Å². The SMILES string of the molecule is COc1ccc(OC)c(N(CC(=O)N(Cc2ccccc2)[C@@H](Cc2ccccc2)C(=O)NCC(C)C)S(C)(=O)=O)c1. The molecule has 0 fully saturated rings. The number of carbonyl (C=O) groups is 2. The number of carbonyl (C=O) groups excluding carboxylic acids is 2. The molecule has 0 aliphatic carbocycles. The molecule has 1 N–H and O–H groups in total. The van der Waals surface area contributed by atoms with Crippen molar-refractivity contribution < 1.29 is 27.5 Å². The van der Waals surface area contributed by atoms with Crippen LogP contribution in [0.15, 0.2) is 78.9 Å². The minimum Gasteiger partial charge on any atom is -0.497 e. The Balaban J connectivity index is 2.08. The highest BCUT2D eigenvalue weighted by atomic mass is 32.2. The molecular weight excluding hydrogens is 542 g/mol. The molecule has 0 heterocycles. The van der Waals surface area contributed by atoms with Gasteiger partial charge in [-0.2, -0.15) is 0 Å². The number of hydrogen-bond donors (Lipinski definition) is 1. The first kappa shape index (κ1) is 31.5. The number of rotatable bonds is 14. The minimum atomic E-state index is -3.95. The van der Waals surface area contributed by atoms with Gasteiger partial charge >= 0.3 is 0 Å². The van der Waals surface area contributed by atoms with E-state index < -0.39 is 28.5 Å². The summed E-state index contributed by atoms with van der Waals surface area (Å²) in [5.74, 6) is 0.0181.